The van der Waals surface area contributed by atoms with Gasteiger partial charge in [-0.25, -0.2) is 4.98 Å². The molecule has 3 N–H and O–H groups in total. The van der Waals surface area contributed by atoms with E-state index in [1.165, 1.54) is 0 Å². The maximum Gasteiger partial charge on any atom is 0.206 e. The van der Waals surface area contributed by atoms with E-state index in [-0.39, 0.29) is 11.8 Å². The second-order valence-electron chi connectivity index (χ2n) is 4.34. The number of anilines is 1. The fourth-order valence-electron chi connectivity index (χ4n) is 1.85. The minimum Gasteiger partial charge on any atom is -0.508 e. The van der Waals surface area contributed by atoms with E-state index < -0.39 is 0 Å². The monoisotopic (exact) mass is 234 g/mol. The molecule has 17 heavy (non-hydrogen) atoms. The van der Waals surface area contributed by atoms with Crippen LogP contribution in [0.3, 0.4) is 0 Å². The van der Waals surface area contributed by atoms with Crippen LogP contribution in [0.4, 0.5) is 5.95 Å². The highest BCUT2D eigenvalue weighted by Gasteiger charge is 2.15. The number of nitrogens with two attached hydrogens (primary N) is 1. The summed E-state index contributed by atoms with van der Waals surface area (Å²) in [6.07, 6.45) is 0. The van der Waals surface area contributed by atoms with E-state index in [1.54, 1.807) is 12.1 Å². The maximum absolute atomic E-state index is 9.44. The summed E-state index contributed by atoms with van der Waals surface area (Å²) in [5, 5.41) is 9.44. The first-order valence-corrected chi connectivity index (χ1v) is 5.63. The molecule has 92 valence electrons. The van der Waals surface area contributed by atoms with Crippen molar-refractivity contribution in [1.82, 2.24) is 9.55 Å². The van der Waals surface area contributed by atoms with Crippen molar-refractivity contribution in [2.75, 3.05) is 18.5 Å². The van der Waals surface area contributed by atoms with E-state index in [9.17, 15) is 5.11 Å². The first-order chi connectivity index (χ1) is 8.04. The molecule has 0 aliphatic carbocycles. The normalized spacial score (nSPS) is 12.9. The Morgan fingerprint density at radius 2 is 2.24 bits per heavy atom. The third-order valence-corrected chi connectivity index (χ3v) is 3.16. The van der Waals surface area contributed by atoms with Gasteiger partial charge in [0.25, 0.3) is 0 Å². The van der Waals surface area contributed by atoms with Gasteiger partial charge in [0.2, 0.25) is 5.95 Å². The van der Waals surface area contributed by atoms with Crippen molar-refractivity contribution in [3.8, 4) is 5.75 Å². The van der Waals surface area contributed by atoms with Crippen LogP contribution >= 0.6 is 0 Å². The van der Waals surface area contributed by atoms with Gasteiger partial charge in [-0.1, -0.05) is 0 Å². The molecule has 0 amide bonds. The number of phenols is 1. The first-order valence-electron chi connectivity index (χ1n) is 5.63. The summed E-state index contributed by atoms with van der Waals surface area (Å²) in [6, 6.07) is 5.42. The molecular weight excluding hydrogens is 216 g/mol. The van der Waals surface area contributed by atoms with Crippen molar-refractivity contribution in [1.29, 1.82) is 0 Å². The van der Waals surface area contributed by atoms with E-state index in [1.807, 2.05) is 29.6 Å². The van der Waals surface area contributed by atoms with Crippen LogP contribution in [-0.2, 0) is 7.05 Å². The number of rotatable bonds is 3. The molecule has 0 radical (unpaired) electrons. The number of fused-ring (bicyclic) bond motifs is 1. The smallest absolute Gasteiger partial charge is 0.206 e. The van der Waals surface area contributed by atoms with Crippen LogP contribution < -0.4 is 10.6 Å². The van der Waals surface area contributed by atoms with Gasteiger partial charge < -0.3 is 20.3 Å². The predicted octanol–water partition coefficient (Wildman–Crippen LogP) is 1.06. The summed E-state index contributed by atoms with van der Waals surface area (Å²) < 4.78 is 2.00. The lowest BCUT2D eigenvalue weighted by Crippen LogP contribution is -2.36. The Labute approximate surface area is 100 Å². The molecule has 2 aromatic rings. The quantitative estimate of drug-likeness (QED) is 0.833. The van der Waals surface area contributed by atoms with Gasteiger partial charge in [0.15, 0.2) is 0 Å². The van der Waals surface area contributed by atoms with Crippen molar-refractivity contribution < 1.29 is 5.11 Å². The van der Waals surface area contributed by atoms with Gasteiger partial charge >= 0.3 is 0 Å². The molecule has 1 aromatic heterocycles. The molecule has 1 aromatic carbocycles. The lowest BCUT2D eigenvalue weighted by atomic mass is 10.3. The van der Waals surface area contributed by atoms with Gasteiger partial charge in [-0.05, 0) is 19.1 Å². The summed E-state index contributed by atoms with van der Waals surface area (Å²) >= 11 is 0. The number of benzene rings is 1. The Balaban J connectivity index is 2.52. The van der Waals surface area contributed by atoms with Crippen LogP contribution in [0.1, 0.15) is 6.92 Å². The molecule has 1 unspecified atom stereocenters. The SMILES string of the molecule is CC(CN)N(C)c1nc2cc(O)ccc2n1C. The van der Waals surface area contributed by atoms with Crippen LogP contribution in [0.15, 0.2) is 18.2 Å². The van der Waals surface area contributed by atoms with Crippen molar-refractivity contribution in [2.45, 2.75) is 13.0 Å². The number of hydrogen-bond acceptors (Lipinski definition) is 4. The van der Waals surface area contributed by atoms with Crippen LogP contribution in [0.5, 0.6) is 5.75 Å². The van der Waals surface area contributed by atoms with Crippen molar-refractivity contribution >= 4 is 17.0 Å². The second kappa shape index (κ2) is 4.25. The molecule has 0 bridgehead atoms. The lowest BCUT2D eigenvalue weighted by molar-refractivity contribution is 0.476. The maximum atomic E-state index is 9.44. The number of aromatic nitrogens is 2. The number of aromatic hydroxyl groups is 1. The molecule has 1 heterocycles. The number of imidazole rings is 1. The van der Waals surface area contributed by atoms with Gasteiger partial charge in [0.1, 0.15) is 5.75 Å². The van der Waals surface area contributed by atoms with Crippen molar-refractivity contribution in [3.63, 3.8) is 0 Å². The average molecular weight is 234 g/mol. The second-order valence-corrected chi connectivity index (χ2v) is 4.34. The summed E-state index contributed by atoms with van der Waals surface area (Å²) in [4.78, 5) is 6.55. The lowest BCUT2D eigenvalue weighted by Gasteiger charge is -2.24. The topological polar surface area (TPSA) is 67.3 Å². The third kappa shape index (κ3) is 1.93. The molecule has 0 fully saturated rings. The molecule has 5 nitrogen and oxygen atoms in total. The number of likely N-dealkylation sites (N-methyl/N-ethyl adjacent to an activating group) is 1. The molecule has 0 saturated heterocycles. The van der Waals surface area contributed by atoms with E-state index in [0.717, 1.165) is 17.0 Å². The Hall–Kier alpha value is -1.75. The van der Waals surface area contributed by atoms with Crippen molar-refractivity contribution in [3.05, 3.63) is 18.2 Å². The van der Waals surface area contributed by atoms with Crippen LogP contribution in [0.2, 0.25) is 0 Å². The van der Waals surface area contributed by atoms with Gasteiger partial charge in [-0.2, -0.15) is 0 Å². The molecule has 0 aliphatic rings. The highest BCUT2D eigenvalue weighted by molar-refractivity contribution is 5.80. The predicted molar refractivity (Wildman–Crippen MR) is 69.3 cm³/mol. The molecule has 0 spiro atoms. The zero-order valence-electron chi connectivity index (χ0n) is 10.4. The van der Waals surface area contributed by atoms with Gasteiger partial charge in [-0.3, -0.25) is 0 Å². The van der Waals surface area contributed by atoms with Gasteiger partial charge in [0, 0.05) is 32.7 Å². The summed E-state index contributed by atoms with van der Waals surface area (Å²) in [6.45, 7) is 2.63. The Morgan fingerprint density at radius 1 is 1.53 bits per heavy atom. The average Bonchev–Trinajstić information content (AvgIpc) is 2.64. The number of phenolic OH excluding ortho intramolecular Hbond substituents is 1. The highest BCUT2D eigenvalue weighted by Crippen LogP contribution is 2.24. The Bertz CT molecular complexity index is 535. The molecular formula is C12H18N4O. The first kappa shape index (κ1) is 11.7. The molecule has 0 saturated carbocycles. The standard InChI is InChI=1S/C12H18N4O/c1-8(7-13)15(2)12-14-10-6-9(17)4-5-11(10)16(12)3/h4-6,8,17H,7,13H2,1-3H3. The number of aryl methyl sites for hydroxylation is 1. The van der Waals surface area contributed by atoms with E-state index in [0.29, 0.717) is 6.54 Å². The number of hydrogen-bond donors (Lipinski definition) is 2. The molecule has 1 atom stereocenters. The van der Waals surface area contributed by atoms with Gasteiger partial charge in [-0.15, -0.1) is 0 Å². The zero-order chi connectivity index (χ0) is 12.6. The fraction of sp³-hybridized carbons (Fsp3) is 0.417. The van der Waals surface area contributed by atoms with Crippen LogP contribution in [0.25, 0.3) is 11.0 Å². The largest absolute Gasteiger partial charge is 0.508 e. The Morgan fingerprint density at radius 3 is 2.88 bits per heavy atom. The minimum absolute atomic E-state index is 0.221. The minimum atomic E-state index is 0.221. The van der Waals surface area contributed by atoms with E-state index in [2.05, 4.69) is 11.9 Å². The summed E-state index contributed by atoms with van der Waals surface area (Å²) in [5.74, 6) is 1.08. The Kier molecular flexibility index (Phi) is 2.93. The van der Waals surface area contributed by atoms with Crippen LogP contribution in [0, 0.1) is 0 Å². The summed E-state index contributed by atoms with van der Waals surface area (Å²) in [5.41, 5.74) is 7.44. The molecule has 5 heteroatoms. The molecule has 2 rings (SSSR count). The summed E-state index contributed by atoms with van der Waals surface area (Å²) in [7, 11) is 3.93. The zero-order valence-corrected chi connectivity index (χ0v) is 10.4. The van der Waals surface area contributed by atoms with Gasteiger partial charge in [0.05, 0.1) is 11.0 Å². The fourth-order valence-corrected chi connectivity index (χ4v) is 1.85. The molecule has 0 aliphatic heterocycles. The highest BCUT2D eigenvalue weighted by atomic mass is 16.3. The van der Waals surface area contributed by atoms with E-state index in [4.69, 9.17) is 5.73 Å². The third-order valence-electron chi connectivity index (χ3n) is 3.16. The van der Waals surface area contributed by atoms with E-state index >= 15 is 0 Å². The number of nitrogens with zero attached hydrogens (tertiary/aromatic N) is 3. The van der Waals surface area contributed by atoms with Crippen molar-refractivity contribution in [2.24, 2.45) is 12.8 Å². The van der Waals surface area contributed by atoms with Crippen LogP contribution in [-0.4, -0.2) is 34.3 Å².